The molecule has 0 spiro atoms. The van der Waals surface area contributed by atoms with Gasteiger partial charge in [0.05, 0.1) is 12.2 Å². The molecule has 6 heteroatoms. The summed E-state index contributed by atoms with van der Waals surface area (Å²) in [5.41, 5.74) is 0.461. The average Bonchev–Trinajstić information content (AvgIpc) is 2.45. The van der Waals surface area contributed by atoms with Crippen LogP contribution in [0.1, 0.15) is 33.6 Å². The molecule has 4 atom stereocenters. The van der Waals surface area contributed by atoms with Crippen molar-refractivity contribution >= 4 is 11.9 Å². The van der Waals surface area contributed by atoms with Crippen molar-refractivity contribution < 1.29 is 29.3 Å². The Bertz CT molecular complexity index is 437. The molecule has 118 valence electrons. The molecule has 0 radical (unpaired) electrons. The van der Waals surface area contributed by atoms with Crippen LogP contribution < -0.4 is 0 Å². The van der Waals surface area contributed by atoms with Crippen LogP contribution in [0.4, 0.5) is 0 Å². The maximum atomic E-state index is 11.8. The van der Waals surface area contributed by atoms with E-state index in [9.17, 15) is 19.8 Å². The van der Waals surface area contributed by atoms with Gasteiger partial charge in [0, 0.05) is 11.6 Å². The monoisotopic (exact) mass is 298 g/mol. The van der Waals surface area contributed by atoms with Crippen LogP contribution in [0.15, 0.2) is 23.8 Å². The van der Waals surface area contributed by atoms with Crippen LogP contribution in [0, 0.1) is 0 Å². The molecular weight excluding hydrogens is 276 g/mol. The van der Waals surface area contributed by atoms with Crippen molar-refractivity contribution in [1.29, 1.82) is 0 Å². The Balaban J connectivity index is 2.67. The number of allylic oxidation sites excluding steroid dienone is 1. The Morgan fingerprint density at radius 1 is 1.52 bits per heavy atom. The van der Waals surface area contributed by atoms with Crippen molar-refractivity contribution in [2.45, 2.75) is 58.0 Å². The van der Waals surface area contributed by atoms with Crippen LogP contribution in [-0.2, 0) is 19.1 Å². The molecule has 21 heavy (non-hydrogen) atoms. The summed E-state index contributed by atoms with van der Waals surface area (Å²) in [4.78, 5) is 23.1. The van der Waals surface area contributed by atoms with Gasteiger partial charge in [0.2, 0.25) is 0 Å². The summed E-state index contributed by atoms with van der Waals surface area (Å²) < 4.78 is 10.4. The lowest BCUT2D eigenvalue weighted by atomic mass is 10.0. The van der Waals surface area contributed by atoms with Crippen LogP contribution >= 0.6 is 0 Å². The van der Waals surface area contributed by atoms with E-state index in [-0.39, 0.29) is 12.8 Å². The van der Waals surface area contributed by atoms with E-state index in [1.165, 1.54) is 19.1 Å². The smallest absolute Gasteiger partial charge is 0.334 e. The van der Waals surface area contributed by atoms with E-state index in [1.807, 2.05) is 0 Å². The summed E-state index contributed by atoms with van der Waals surface area (Å²) >= 11 is 0. The minimum Gasteiger partial charge on any atom is -0.455 e. The molecule has 1 heterocycles. The normalized spacial score (nSPS) is 25.2. The second-order valence-electron chi connectivity index (χ2n) is 5.06. The van der Waals surface area contributed by atoms with Crippen molar-refractivity contribution in [3.05, 3.63) is 23.8 Å². The molecule has 2 N–H and O–H groups in total. The summed E-state index contributed by atoms with van der Waals surface area (Å²) in [5.74, 6) is -0.993. The van der Waals surface area contributed by atoms with Crippen molar-refractivity contribution in [2.75, 3.05) is 0 Å². The second kappa shape index (κ2) is 7.95. The fourth-order valence-electron chi connectivity index (χ4n) is 1.80. The number of ether oxygens (including phenoxy) is 2. The molecule has 0 amide bonds. The zero-order chi connectivity index (χ0) is 16.0. The highest BCUT2D eigenvalue weighted by molar-refractivity contribution is 5.88. The van der Waals surface area contributed by atoms with Gasteiger partial charge in [-0.15, -0.1) is 0 Å². The van der Waals surface area contributed by atoms with Crippen molar-refractivity contribution in [2.24, 2.45) is 0 Å². The lowest BCUT2D eigenvalue weighted by molar-refractivity contribution is -0.162. The standard InChI is InChI=1S/C15H22O6/c1-4-9(2)15(19)21-13-7-8-14(18)20-12(13)6-5-11(17)10(3)16/h4,7-8,10-13,16-17H,5-6H2,1-3H3/b9-4-/t10-,11-,12-,13-/m0/s1. The van der Waals surface area contributed by atoms with Crippen molar-refractivity contribution in [3.63, 3.8) is 0 Å². The highest BCUT2D eigenvalue weighted by atomic mass is 16.6. The van der Waals surface area contributed by atoms with E-state index in [4.69, 9.17) is 9.47 Å². The van der Waals surface area contributed by atoms with Gasteiger partial charge < -0.3 is 19.7 Å². The number of carbonyl (C=O) groups excluding carboxylic acids is 2. The first kappa shape index (κ1) is 17.4. The first-order valence-electron chi connectivity index (χ1n) is 6.94. The van der Waals surface area contributed by atoms with Crippen LogP contribution in [0.2, 0.25) is 0 Å². The molecule has 1 aliphatic heterocycles. The molecule has 0 aromatic rings. The summed E-state index contributed by atoms with van der Waals surface area (Å²) in [6, 6.07) is 0. The first-order valence-corrected chi connectivity index (χ1v) is 6.94. The van der Waals surface area contributed by atoms with Gasteiger partial charge in [-0.3, -0.25) is 0 Å². The predicted octanol–water partition coefficient (Wildman–Crippen LogP) is 0.868. The lowest BCUT2D eigenvalue weighted by Gasteiger charge is -2.28. The Morgan fingerprint density at radius 2 is 2.19 bits per heavy atom. The molecular formula is C15H22O6. The van der Waals surface area contributed by atoms with Gasteiger partial charge in [-0.25, -0.2) is 9.59 Å². The molecule has 0 unspecified atom stereocenters. The van der Waals surface area contributed by atoms with Gasteiger partial charge in [0.25, 0.3) is 0 Å². The molecule has 6 nitrogen and oxygen atoms in total. The lowest BCUT2D eigenvalue weighted by Crippen LogP contribution is -2.38. The zero-order valence-corrected chi connectivity index (χ0v) is 12.5. The minimum atomic E-state index is -0.914. The number of rotatable bonds is 6. The maximum absolute atomic E-state index is 11.8. The van der Waals surface area contributed by atoms with Gasteiger partial charge in [0.1, 0.15) is 6.10 Å². The van der Waals surface area contributed by atoms with Crippen LogP contribution in [-0.4, -0.2) is 46.6 Å². The van der Waals surface area contributed by atoms with Crippen LogP contribution in [0.5, 0.6) is 0 Å². The quantitative estimate of drug-likeness (QED) is 0.558. The van der Waals surface area contributed by atoms with Crippen molar-refractivity contribution in [3.8, 4) is 0 Å². The molecule has 1 rings (SSSR count). The minimum absolute atomic E-state index is 0.236. The van der Waals surface area contributed by atoms with Crippen LogP contribution in [0.25, 0.3) is 0 Å². The SMILES string of the molecule is C/C=C(/C)C(=O)O[C@H]1C=CC(=O)O[C@H]1CC[C@H](O)[C@H](C)O. The number of carbonyl (C=O) groups is 2. The number of esters is 2. The summed E-state index contributed by atoms with van der Waals surface area (Å²) in [6.45, 7) is 4.83. The average molecular weight is 298 g/mol. The van der Waals surface area contributed by atoms with Crippen LogP contribution in [0.3, 0.4) is 0 Å². The number of hydrogen-bond acceptors (Lipinski definition) is 6. The van der Waals surface area contributed by atoms with Gasteiger partial charge in [-0.05, 0) is 39.7 Å². The Hall–Kier alpha value is -1.66. The molecule has 1 aliphatic rings. The van der Waals surface area contributed by atoms with E-state index >= 15 is 0 Å². The summed E-state index contributed by atoms with van der Waals surface area (Å²) in [7, 11) is 0. The third-order valence-corrected chi connectivity index (χ3v) is 3.36. The Labute approximate surface area is 124 Å². The third kappa shape index (κ3) is 5.32. The van der Waals surface area contributed by atoms with Gasteiger partial charge >= 0.3 is 11.9 Å². The molecule has 0 fully saturated rings. The third-order valence-electron chi connectivity index (χ3n) is 3.36. The summed E-state index contributed by atoms with van der Waals surface area (Å²) in [5, 5.41) is 18.8. The number of aliphatic hydroxyl groups is 2. The van der Waals surface area contributed by atoms with E-state index in [0.29, 0.717) is 5.57 Å². The molecule has 0 bridgehead atoms. The highest BCUT2D eigenvalue weighted by Gasteiger charge is 2.30. The number of cyclic esters (lactones) is 1. The Kier molecular flexibility index (Phi) is 6.58. The predicted molar refractivity (Wildman–Crippen MR) is 75.3 cm³/mol. The van der Waals surface area contributed by atoms with Gasteiger partial charge in [-0.1, -0.05) is 6.08 Å². The van der Waals surface area contributed by atoms with Gasteiger partial charge in [-0.2, -0.15) is 0 Å². The largest absolute Gasteiger partial charge is 0.455 e. The molecule has 0 saturated carbocycles. The van der Waals surface area contributed by atoms with Crippen molar-refractivity contribution in [1.82, 2.24) is 0 Å². The first-order chi connectivity index (χ1) is 9.85. The topological polar surface area (TPSA) is 93.1 Å². The highest BCUT2D eigenvalue weighted by Crippen LogP contribution is 2.20. The van der Waals surface area contributed by atoms with Gasteiger partial charge in [0.15, 0.2) is 6.10 Å². The molecule has 0 aromatic heterocycles. The molecule has 0 saturated heterocycles. The van der Waals surface area contributed by atoms with E-state index < -0.39 is 36.4 Å². The fraction of sp³-hybridized carbons (Fsp3) is 0.600. The molecule has 0 aromatic carbocycles. The zero-order valence-electron chi connectivity index (χ0n) is 12.5. The van der Waals surface area contributed by atoms with E-state index in [2.05, 4.69) is 0 Å². The Morgan fingerprint density at radius 3 is 2.76 bits per heavy atom. The summed E-state index contributed by atoms with van der Waals surface area (Å²) in [6.07, 6.45) is 1.71. The fourth-order valence-corrected chi connectivity index (χ4v) is 1.80. The second-order valence-corrected chi connectivity index (χ2v) is 5.06. The van der Waals surface area contributed by atoms with E-state index in [1.54, 1.807) is 19.9 Å². The maximum Gasteiger partial charge on any atom is 0.334 e. The number of hydrogen-bond donors (Lipinski definition) is 2. The number of aliphatic hydroxyl groups excluding tert-OH is 2. The molecule has 0 aliphatic carbocycles. The van der Waals surface area contributed by atoms with E-state index in [0.717, 1.165) is 0 Å².